The van der Waals surface area contributed by atoms with Crippen LogP contribution >= 0.6 is 11.6 Å². The maximum Gasteiger partial charge on any atom is 0.417 e. The van der Waals surface area contributed by atoms with Crippen molar-refractivity contribution in [2.75, 3.05) is 25.0 Å². The molecule has 1 aliphatic carbocycles. The third kappa shape index (κ3) is 5.68. The third-order valence-corrected chi connectivity index (χ3v) is 9.67. The first kappa shape index (κ1) is 28.4. The van der Waals surface area contributed by atoms with Crippen molar-refractivity contribution < 1.29 is 26.4 Å². The van der Waals surface area contributed by atoms with Crippen molar-refractivity contribution in [2.24, 2.45) is 0 Å². The summed E-state index contributed by atoms with van der Waals surface area (Å²) in [6, 6.07) is 11.2. The normalized spacial score (nSPS) is 18.0. The van der Waals surface area contributed by atoms with Crippen LogP contribution in [0.3, 0.4) is 0 Å². The summed E-state index contributed by atoms with van der Waals surface area (Å²) in [4.78, 5) is 20.4. The number of pyridine rings is 1. The van der Waals surface area contributed by atoms with Gasteiger partial charge in [-0.3, -0.25) is 9.78 Å². The molecule has 0 bridgehead atoms. The average molecular weight is 593 g/mol. The summed E-state index contributed by atoms with van der Waals surface area (Å²) in [5.74, 6) is -0.125. The molecule has 2 aromatic carbocycles. The van der Waals surface area contributed by atoms with E-state index in [4.69, 9.17) is 11.6 Å². The van der Waals surface area contributed by atoms with Gasteiger partial charge in [-0.2, -0.15) is 13.2 Å². The first-order valence-corrected chi connectivity index (χ1v) is 14.7. The molecule has 12 heteroatoms. The lowest BCUT2D eigenvalue weighted by atomic mass is 10.0. The van der Waals surface area contributed by atoms with Gasteiger partial charge in [0.2, 0.25) is 10.0 Å². The predicted molar refractivity (Wildman–Crippen MR) is 146 cm³/mol. The molecule has 1 fully saturated rings. The fourth-order valence-electron chi connectivity index (χ4n) is 5.56. The van der Waals surface area contributed by atoms with Gasteiger partial charge in [-0.25, -0.2) is 13.1 Å². The number of aromatic nitrogens is 1. The number of sulfonamides is 1. The SMILES string of the molecule is CN(C(=O)c1ccc2c(c1)CCC2NS(=O)(=O)c1c(Cl)cccc1C(F)(F)F)C1CCN(c2ccncc2)CC1. The number of halogens is 4. The van der Waals surface area contributed by atoms with Crippen molar-refractivity contribution >= 4 is 33.2 Å². The summed E-state index contributed by atoms with van der Waals surface area (Å²) in [5, 5.41) is -0.504. The quantitative estimate of drug-likeness (QED) is 0.411. The second-order valence-electron chi connectivity index (χ2n) is 10.1. The molecule has 1 amide bonds. The van der Waals surface area contributed by atoms with Crippen molar-refractivity contribution in [3.05, 3.63) is 88.2 Å². The Morgan fingerprint density at radius 1 is 1.07 bits per heavy atom. The van der Waals surface area contributed by atoms with Crippen molar-refractivity contribution in [2.45, 2.75) is 48.8 Å². The highest BCUT2D eigenvalue weighted by Gasteiger charge is 2.40. The van der Waals surface area contributed by atoms with Crippen LogP contribution in [-0.2, 0) is 22.6 Å². The molecule has 7 nitrogen and oxygen atoms in total. The first-order chi connectivity index (χ1) is 19.0. The number of nitrogens with one attached hydrogen (secondary N) is 1. The lowest BCUT2D eigenvalue weighted by molar-refractivity contribution is -0.139. The number of carbonyl (C=O) groups excluding carboxylic acids is 1. The minimum atomic E-state index is -4.89. The van der Waals surface area contributed by atoms with E-state index in [9.17, 15) is 26.4 Å². The average Bonchev–Trinajstić information content (AvgIpc) is 3.33. The molecule has 0 spiro atoms. The highest BCUT2D eigenvalue weighted by molar-refractivity contribution is 7.89. The molecule has 2 heterocycles. The van der Waals surface area contributed by atoms with Crippen LogP contribution in [0.25, 0.3) is 0 Å². The van der Waals surface area contributed by atoms with Crippen LogP contribution in [0.15, 0.2) is 65.8 Å². The molecule has 1 aliphatic heterocycles. The predicted octanol–water partition coefficient (Wildman–Crippen LogP) is 5.46. The molecule has 2 aliphatic rings. The molecule has 0 saturated carbocycles. The van der Waals surface area contributed by atoms with Gasteiger partial charge in [0.05, 0.1) is 10.6 Å². The second-order valence-corrected chi connectivity index (χ2v) is 12.1. The topological polar surface area (TPSA) is 82.6 Å². The van der Waals surface area contributed by atoms with Crippen LogP contribution in [-0.4, -0.2) is 50.4 Å². The molecule has 0 radical (unpaired) electrons. The van der Waals surface area contributed by atoms with Gasteiger partial charge in [-0.1, -0.05) is 23.7 Å². The molecule has 1 atom stereocenters. The van der Waals surface area contributed by atoms with Gasteiger partial charge in [0.25, 0.3) is 5.91 Å². The Labute approximate surface area is 236 Å². The maximum absolute atomic E-state index is 13.5. The number of alkyl halides is 3. The monoisotopic (exact) mass is 592 g/mol. The number of nitrogens with zero attached hydrogens (tertiary/aromatic N) is 3. The Bertz CT molecular complexity index is 1510. The van der Waals surface area contributed by atoms with Crippen LogP contribution in [0.1, 0.15) is 52.4 Å². The Balaban J connectivity index is 1.28. The highest BCUT2D eigenvalue weighted by atomic mass is 35.5. The summed E-state index contributed by atoms with van der Waals surface area (Å²) >= 11 is 5.93. The van der Waals surface area contributed by atoms with E-state index in [0.717, 1.165) is 49.3 Å². The van der Waals surface area contributed by atoms with Crippen molar-refractivity contribution in [1.29, 1.82) is 0 Å². The first-order valence-electron chi connectivity index (χ1n) is 12.9. The number of piperidine rings is 1. The van der Waals surface area contributed by atoms with Crippen LogP contribution in [0.4, 0.5) is 18.9 Å². The maximum atomic E-state index is 13.5. The van der Waals surface area contributed by atoms with Crippen LogP contribution in [0, 0.1) is 0 Å². The molecule has 212 valence electrons. The minimum absolute atomic E-state index is 0.0804. The summed E-state index contributed by atoms with van der Waals surface area (Å²) in [5.41, 5.74) is 1.70. The number of hydrogen-bond acceptors (Lipinski definition) is 5. The number of benzene rings is 2. The van der Waals surface area contributed by atoms with E-state index >= 15 is 0 Å². The van der Waals surface area contributed by atoms with E-state index in [2.05, 4.69) is 14.6 Å². The fourth-order valence-corrected chi connectivity index (χ4v) is 7.57. The number of hydrogen-bond donors (Lipinski definition) is 1. The number of carbonyl (C=O) groups is 1. The van der Waals surface area contributed by atoms with Gasteiger partial charge in [-0.05, 0) is 73.2 Å². The van der Waals surface area contributed by atoms with Gasteiger partial charge in [0.1, 0.15) is 4.90 Å². The number of fused-ring (bicyclic) bond motifs is 1. The van der Waals surface area contributed by atoms with Crippen LogP contribution in [0.5, 0.6) is 0 Å². The van der Waals surface area contributed by atoms with E-state index in [1.165, 1.54) is 0 Å². The van der Waals surface area contributed by atoms with Crippen molar-refractivity contribution in [1.82, 2.24) is 14.6 Å². The zero-order chi connectivity index (χ0) is 28.7. The molecule has 5 rings (SSSR count). The summed E-state index contributed by atoms with van der Waals surface area (Å²) < 4.78 is 69.2. The lowest BCUT2D eigenvalue weighted by Crippen LogP contribution is -2.45. The summed E-state index contributed by atoms with van der Waals surface area (Å²) in [6.07, 6.45) is 1.10. The number of rotatable bonds is 6. The van der Waals surface area contributed by atoms with E-state index < -0.39 is 37.7 Å². The molecule has 1 N–H and O–H groups in total. The van der Waals surface area contributed by atoms with Gasteiger partial charge >= 0.3 is 6.18 Å². The Morgan fingerprint density at radius 3 is 2.45 bits per heavy atom. The van der Waals surface area contributed by atoms with E-state index in [1.54, 1.807) is 42.5 Å². The third-order valence-electron chi connectivity index (χ3n) is 7.67. The largest absolute Gasteiger partial charge is 0.417 e. The summed E-state index contributed by atoms with van der Waals surface area (Å²) in [7, 11) is -2.80. The Hall–Kier alpha value is -3.15. The van der Waals surface area contributed by atoms with Crippen LogP contribution < -0.4 is 9.62 Å². The molecule has 40 heavy (non-hydrogen) atoms. The molecule has 1 saturated heterocycles. The van der Waals surface area contributed by atoms with Gasteiger partial charge < -0.3 is 9.80 Å². The van der Waals surface area contributed by atoms with Crippen LogP contribution in [0.2, 0.25) is 5.02 Å². The highest BCUT2D eigenvalue weighted by Crippen LogP contribution is 2.39. The fraction of sp³-hybridized carbons (Fsp3) is 0.357. The minimum Gasteiger partial charge on any atom is -0.371 e. The van der Waals surface area contributed by atoms with E-state index in [-0.39, 0.29) is 11.9 Å². The molecule has 3 aromatic rings. The second kappa shape index (κ2) is 11.0. The number of amides is 1. The van der Waals surface area contributed by atoms with Crippen molar-refractivity contribution in [3.8, 4) is 0 Å². The zero-order valence-electron chi connectivity index (χ0n) is 21.7. The molecule has 1 aromatic heterocycles. The number of anilines is 1. The Kier molecular flexibility index (Phi) is 7.82. The van der Waals surface area contributed by atoms with Gasteiger partial charge in [0, 0.05) is 55.9 Å². The molecular formula is C28H28ClF3N4O3S. The summed E-state index contributed by atoms with van der Waals surface area (Å²) in [6.45, 7) is 1.64. The molecule has 1 unspecified atom stereocenters. The zero-order valence-corrected chi connectivity index (χ0v) is 23.2. The Morgan fingerprint density at radius 2 is 1.77 bits per heavy atom. The smallest absolute Gasteiger partial charge is 0.371 e. The van der Waals surface area contributed by atoms with E-state index in [1.807, 2.05) is 12.1 Å². The van der Waals surface area contributed by atoms with Crippen molar-refractivity contribution in [3.63, 3.8) is 0 Å². The lowest BCUT2D eigenvalue weighted by Gasteiger charge is -2.37. The van der Waals surface area contributed by atoms with Gasteiger partial charge in [0.15, 0.2) is 0 Å². The van der Waals surface area contributed by atoms with E-state index in [0.29, 0.717) is 30.0 Å². The standard InChI is InChI=1S/C28H28ClF3N4O3S/c1-35(20-11-15-36(16-12-20)21-9-13-33-14-10-21)27(37)19-5-7-22-18(17-19)6-8-25(22)34-40(38,39)26-23(28(30,31)32)3-2-4-24(26)29/h2-5,7,9-10,13-14,17,20,25,34H,6,8,11-12,15-16H2,1H3. The number of aryl methyl sites for hydroxylation is 1. The molecular weight excluding hydrogens is 565 g/mol. The van der Waals surface area contributed by atoms with Gasteiger partial charge in [-0.15, -0.1) is 0 Å².